The zero-order chi connectivity index (χ0) is 23.4. The Bertz CT molecular complexity index is 1280. The molecule has 1 saturated carbocycles. The molecule has 2 aromatic rings. The lowest BCUT2D eigenvalue weighted by molar-refractivity contribution is 0.253. The van der Waals surface area contributed by atoms with E-state index in [1.165, 1.54) is 11.1 Å². The van der Waals surface area contributed by atoms with Gasteiger partial charge >= 0.3 is 10.3 Å². The van der Waals surface area contributed by atoms with E-state index in [1.807, 2.05) is 0 Å². The molecule has 4 atom stereocenters. The number of rotatable bonds is 6. The van der Waals surface area contributed by atoms with Crippen LogP contribution < -0.4 is 26.5 Å². The van der Waals surface area contributed by atoms with Gasteiger partial charge in [-0.1, -0.05) is 38.1 Å². The van der Waals surface area contributed by atoms with Gasteiger partial charge in [-0.15, -0.1) is 0 Å². The molecule has 1 unspecified atom stereocenters. The number of nitrogens with zero attached hydrogens (tertiary/aromatic N) is 2. The van der Waals surface area contributed by atoms with E-state index in [0.29, 0.717) is 0 Å². The average Bonchev–Trinajstić information content (AvgIpc) is 3.43. The minimum atomic E-state index is -3.90. The Hall–Kier alpha value is -2.36. The molecule has 8 nitrogen and oxygen atoms in total. The number of hydrogen-bond donors (Lipinski definition) is 3. The summed E-state index contributed by atoms with van der Waals surface area (Å²) >= 11 is 0. The summed E-state index contributed by atoms with van der Waals surface area (Å²) in [5.74, 6) is 1.19. The second kappa shape index (κ2) is 8.14. The summed E-state index contributed by atoms with van der Waals surface area (Å²) in [5.41, 5.74) is 3.88. The van der Waals surface area contributed by atoms with Crippen molar-refractivity contribution in [3.8, 4) is 0 Å². The molecule has 5 rings (SSSR count). The van der Waals surface area contributed by atoms with Crippen LogP contribution in [-0.4, -0.2) is 25.8 Å². The molecule has 3 aliphatic rings. The number of fused-ring (bicyclic) bond motifs is 2. The van der Waals surface area contributed by atoms with Crippen LogP contribution in [0.15, 0.2) is 41.5 Å². The first-order chi connectivity index (χ1) is 15.6. The molecular formula is C24H33N5O3S. The lowest BCUT2D eigenvalue weighted by Crippen LogP contribution is -2.48. The molecule has 1 fully saturated rings. The average molecular weight is 472 g/mol. The minimum Gasteiger partial charge on any atom is -0.364 e. The summed E-state index contributed by atoms with van der Waals surface area (Å²) < 4.78 is 29.4. The van der Waals surface area contributed by atoms with E-state index in [2.05, 4.69) is 72.5 Å². The summed E-state index contributed by atoms with van der Waals surface area (Å²) in [5, 5.41) is 13.4. The van der Waals surface area contributed by atoms with Crippen LogP contribution in [-0.2, 0) is 19.9 Å². The standard InChI is InChI=1S/C24H33N5O3S/c1-15-26-22(28-21-13-24(2,3)20-7-5-4-6-18(20)21)19-10-11-29(23(19)27-15)17-9-8-16(12-17)14-32-33(25,30)31/h4-7,10-11,15-17,21,26,28H,8-9,12-14H2,1-3H3,(H2,25,30,31)/t15?,16-,17-,21+/m0/s1. The van der Waals surface area contributed by atoms with Crippen LogP contribution in [0.1, 0.15) is 69.7 Å². The molecule has 4 N–H and O–H groups in total. The van der Waals surface area contributed by atoms with Crippen molar-refractivity contribution >= 4 is 16.1 Å². The Balaban J connectivity index is 1.41. The first-order valence-electron chi connectivity index (χ1n) is 11.7. The Labute approximate surface area is 195 Å². The van der Waals surface area contributed by atoms with Crippen molar-refractivity contribution in [2.75, 3.05) is 6.61 Å². The SMILES string of the molecule is CC1N=c2c(ccn2[C@H]2CC[C@H](COS(N)(=O)=O)C2)=C(N[C@@H]2CC(C)(C)c3ccccc32)N1. The van der Waals surface area contributed by atoms with Gasteiger partial charge in [0.05, 0.1) is 17.9 Å². The molecule has 178 valence electrons. The van der Waals surface area contributed by atoms with Crippen molar-refractivity contribution in [2.45, 2.75) is 70.1 Å². The van der Waals surface area contributed by atoms with Crippen molar-refractivity contribution in [3.63, 3.8) is 0 Å². The van der Waals surface area contributed by atoms with Gasteiger partial charge in [-0.3, -0.25) is 4.18 Å². The van der Waals surface area contributed by atoms with Gasteiger partial charge in [0.25, 0.3) is 0 Å². The lowest BCUT2D eigenvalue weighted by Gasteiger charge is -2.25. The van der Waals surface area contributed by atoms with E-state index in [1.54, 1.807) is 0 Å². The highest BCUT2D eigenvalue weighted by molar-refractivity contribution is 7.84. The maximum Gasteiger partial charge on any atom is 0.333 e. The summed E-state index contributed by atoms with van der Waals surface area (Å²) in [6.45, 7) is 6.82. The smallest absolute Gasteiger partial charge is 0.333 e. The molecule has 0 bridgehead atoms. The van der Waals surface area contributed by atoms with Gasteiger partial charge < -0.3 is 15.2 Å². The monoisotopic (exact) mass is 471 g/mol. The van der Waals surface area contributed by atoms with Gasteiger partial charge in [-0.25, -0.2) is 10.1 Å². The van der Waals surface area contributed by atoms with Crippen LogP contribution in [0.5, 0.6) is 0 Å². The predicted octanol–water partition coefficient (Wildman–Crippen LogP) is 1.70. The maximum absolute atomic E-state index is 11.1. The van der Waals surface area contributed by atoms with Gasteiger partial charge in [0.15, 0.2) is 0 Å². The van der Waals surface area contributed by atoms with Gasteiger partial charge in [0.2, 0.25) is 0 Å². The Kier molecular flexibility index (Phi) is 5.54. The molecule has 0 spiro atoms. The van der Waals surface area contributed by atoms with Crippen LogP contribution in [0.25, 0.3) is 5.82 Å². The number of benzene rings is 1. The third kappa shape index (κ3) is 4.41. The van der Waals surface area contributed by atoms with Crippen molar-refractivity contribution in [3.05, 3.63) is 58.4 Å². The molecule has 2 aliphatic carbocycles. The summed E-state index contributed by atoms with van der Waals surface area (Å²) in [7, 11) is -3.90. The molecule has 2 heterocycles. The first-order valence-corrected chi connectivity index (χ1v) is 13.2. The summed E-state index contributed by atoms with van der Waals surface area (Å²) in [6, 6.07) is 11.3. The molecule has 0 amide bonds. The number of aromatic nitrogens is 1. The van der Waals surface area contributed by atoms with Crippen LogP contribution in [0.2, 0.25) is 0 Å². The van der Waals surface area contributed by atoms with E-state index in [4.69, 9.17) is 14.3 Å². The molecule has 0 radical (unpaired) electrons. The number of nitrogens with one attached hydrogen (secondary N) is 2. The normalized spacial score (nSPS) is 28.1. The minimum absolute atomic E-state index is 0.0405. The molecule has 1 aromatic heterocycles. The van der Waals surface area contributed by atoms with E-state index in [9.17, 15) is 8.42 Å². The highest BCUT2D eigenvalue weighted by Gasteiger charge is 2.37. The fourth-order valence-corrected chi connectivity index (χ4v) is 6.16. The van der Waals surface area contributed by atoms with E-state index < -0.39 is 10.3 Å². The molecule has 0 saturated heterocycles. The lowest BCUT2D eigenvalue weighted by atomic mass is 9.86. The van der Waals surface area contributed by atoms with E-state index in [-0.39, 0.29) is 36.2 Å². The molecular weight excluding hydrogens is 438 g/mol. The van der Waals surface area contributed by atoms with Crippen molar-refractivity contribution in [1.82, 2.24) is 15.2 Å². The van der Waals surface area contributed by atoms with Crippen LogP contribution in [0, 0.1) is 5.92 Å². The van der Waals surface area contributed by atoms with Crippen LogP contribution in [0.4, 0.5) is 0 Å². The van der Waals surface area contributed by atoms with E-state index in [0.717, 1.165) is 42.2 Å². The van der Waals surface area contributed by atoms with Gasteiger partial charge in [-0.2, -0.15) is 8.42 Å². The Morgan fingerprint density at radius 3 is 2.85 bits per heavy atom. The second-order valence-corrected chi connectivity index (χ2v) is 11.5. The fraction of sp³-hybridized carbons (Fsp3) is 0.542. The van der Waals surface area contributed by atoms with Gasteiger partial charge in [0, 0.05) is 12.2 Å². The molecule has 1 aliphatic heterocycles. The number of hydrogen-bond acceptors (Lipinski definition) is 6. The second-order valence-electron chi connectivity index (χ2n) is 10.3. The zero-order valence-electron chi connectivity index (χ0n) is 19.4. The summed E-state index contributed by atoms with van der Waals surface area (Å²) in [6.07, 6.45) is 5.82. The molecule has 9 heteroatoms. The predicted molar refractivity (Wildman–Crippen MR) is 127 cm³/mol. The van der Waals surface area contributed by atoms with Gasteiger partial charge in [0.1, 0.15) is 17.5 Å². The molecule has 1 aromatic carbocycles. The van der Waals surface area contributed by atoms with Crippen LogP contribution in [0.3, 0.4) is 0 Å². The number of nitrogens with two attached hydrogens (primary N) is 1. The van der Waals surface area contributed by atoms with Crippen molar-refractivity contribution < 1.29 is 12.6 Å². The largest absolute Gasteiger partial charge is 0.364 e. The highest BCUT2D eigenvalue weighted by atomic mass is 32.2. The fourth-order valence-electron chi connectivity index (χ4n) is 5.78. The summed E-state index contributed by atoms with van der Waals surface area (Å²) in [4.78, 5) is 4.90. The quantitative estimate of drug-likeness (QED) is 0.594. The van der Waals surface area contributed by atoms with Crippen molar-refractivity contribution in [1.29, 1.82) is 0 Å². The third-order valence-corrected chi connectivity index (χ3v) is 7.76. The Morgan fingerprint density at radius 1 is 1.27 bits per heavy atom. The van der Waals surface area contributed by atoms with Crippen LogP contribution >= 0.6 is 0 Å². The first kappa shape index (κ1) is 22.4. The highest BCUT2D eigenvalue weighted by Crippen LogP contribution is 2.44. The topological polar surface area (TPSA) is 111 Å². The zero-order valence-corrected chi connectivity index (χ0v) is 20.2. The Morgan fingerprint density at radius 2 is 2.06 bits per heavy atom. The van der Waals surface area contributed by atoms with Crippen molar-refractivity contribution in [2.24, 2.45) is 16.0 Å². The van der Waals surface area contributed by atoms with Gasteiger partial charge in [-0.05, 0) is 61.1 Å². The maximum atomic E-state index is 11.1. The third-order valence-electron chi connectivity index (χ3n) is 7.30. The van der Waals surface area contributed by atoms with E-state index >= 15 is 0 Å². The molecule has 33 heavy (non-hydrogen) atoms.